The van der Waals surface area contributed by atoms with Crippen LogP contribution in [0, 0.1) is 0 Å². The Morgan fingerprint density at radius 3 is 1.01 bits per heavy atom. The number of aromatic nitrogens is 8. The van der Waals surface area contributed by atoms with E-state index in [1.165, 1.54) is 51.1 Å². The first-order chi connectivity index (χ1) is 53.5. The molecule has 0 fully saturated rings. The summed E-state index contributed by atoms with van der Waals surface area (Å²) in [7, 11) is 0. The molecule has 10 nitrogen and oxygen atoms in total. The molecule has 15 aromatic carbocycles. The maximum Gasteiger partial charge on any atom is 0.164 e. The number of rotatable bonds is 9. The van der Waals surface area contributed by atoms with E-state index < -0.39 is 0 Å². The monoisotopic (exact) mass is 1420 g/mol. The molecule has 23 rings (SSSR count). The zero-order valence-corrected chi connectivity index (χ0v) is 59.2. The lowest BCUT2D eigenvalue weighted by Crippen LogP contribution is -2.00. The molecule has 504 valence electrons. The second-order valence-corrected chi connectivity index (χ2v) is 29.4. The number of fused-ring (bicyclic) bond motifs is 18. The van der Waals surface area contributed by atoms with Crippen LogP contribution in [-0.4, -0.2) is 39.0 Å². The van der Waals surface area contributed by atoms with Crippen LogP contribution < -0.4 is 0 Å². The van der Waals surface area contributed by atoms with Crippen LogP contribution in [0.25, 0.3) is 219 Å². The molecule has 0 amide bonds. The van der Waals surface area contributed by atoms with Crippen LogP contribution in [0.15, 0.2) is 349 Å². The van der Waals surface area contributed by atoms with Crippen molar-refractivity contribution in [3.8, 4) is 90.8 Å². The van der Waals surface area contributed by atoms with Gasteiger partial charge in [0.25, 0.3) is 0 Å². The summed E-state index contributed by atoms with van der Waals surface area (Å²) in [5, 5.41) is 13.5. The third-order valence-electron chi connectivity index (χ3n) is 20.9. The van der Waals surface area contributed by atoms with Gasteiger partial charge in [-0.15, -0.1) is 22.7 Å². The van der Waals surface area contributed by atoms with Gasteiger partial charge < -0.3 is 18.0 Å². The largest absolute Gasteiger partial charge is 0.456 e. The first kappa shape index (κ1) is 61.4. The van der Waals surface area contributed by atoms with Gasteiger partial charge in [0, 0.05) is 128 Å². The van der Waals surface area contributed by atoms with Gasteiger partial charge in [0.1, 0.15) is 22.3 Å². The quantitative estimate of drug-likeness (QED) is 0.140. The molecular formula is C96H56N8O2S2. The summed E-state index contributed by atoms with van der Waals surface area (Å²) < 4.78 is 23.0. The number of para-hydroxylation sites is 4. The molecule has 108 heavy (non-hydrogen) atoms. The molecule has 0 N–H and O–H groups in total. The first-order valence-corrected chi connectivity index (χ1v) is 37.6. The van der Waals surface area contributed by atoms with E-state index in [9.17, 15) is 0 Å². The summed E-state index contributed by atoms with van der Waals surface area (Å²) in [6, 6.07) is 119. The van der Waals surface area contributed by atoms with E-state index in [0.717, 1.165) is 133 Å². The van der Waals surface area contributed by atoms with E-state index in [1.54, 1.807) is 22.7 Å². The van der Waals surface area contributed by atoms with E-state index in [0.29, 0.717) is 34.9 Å². The third kappa shape index (κ3) is 10.1. The first-order valence-electron chi connectivity index (χ1n) is 36.0. The molecule has 0 aliphatic rings. The Bertz CT molecular complexity index is 7550. The number of thiophene rings is 2. The van der Waals surface area contributed by atoms with Crippen molar-refractivity contribution in [2.75, 3.05) is 0 Å². The molecule has 0 spiro atoms. The standard InChI is InChI=1S/C51H30N4OS.C45H26N4OS/c1-3-12-31(13-4-1)32-22-24-33(25-23-32)49-52-50(34-26-27-47-40(28-34)37-17-8-10-21-46(37)57-47)54-51(53-49)38-18-11-20-44-48(38)41-29-43-39(30-45(41)56-44)36-16-7-9-19-42(36)55(43)35-14-5-2-6-15-35;1-3-12-27(13-4-1)43-46-44(28-22-23-41-34(24-28)31-17-8-10-21-40(31)51-41)48-45(47-43)32-18-11-20-38-42(32)35-25-37-33(26-39(35)50-38)30-16-7-9-19-36(30)49(37)29-14-5-2-6-15-29/h1-30H;1-26H. The topological polar surface area (TPSA) is 113 Å². The van der Waals surface area contributed by atoms with Gasteiger partial charge in [0.05, 0.1) is 22.1 Å². The number of nitrogens with zero attached hydrogens (tertiary/aromatic N) is 8. The van der Waals surface area contributed by atoms with Crippen LogP contribution in [-0.2, 0) is 0 Å². The third-order valence-corrected chi connectivity index (χ3v) is 23.2. The zero-order valence-electron chi connectivity index (χ0n) is 57.5. The molecule has 0 saturated carbocycles. The van der Waals surface area contributed by atoms with E-state index in [1.807, 2.05) is 60.7 Å². The fourth-order valence-corrected chi connectivity index (χ4v) is 18.1. The van der Waals surface area contributed by atoms with Gasteiger partial charge in [-0.05, 0) is 132 Å². The molecule has 8 heterocycles. The van der Waals surface area contributed by atoms with Crippen molar-refractivity contribution in [1.29, 1.82) is 0 Å². The molecule has 8 aromatic heterocycles. The number of furan rings is 2. The highest BCUT2D eigenvalue weighted by Gasteiger charge is 2.25. The lowest BCUT2D eigenvalue weighted by atomic mass is 10.0. The molecule has 0 radical (unpaired) electrons. The van der Waals surface area contributed by atoms with E-state index >= 15 is 0 Å². The van der Waals surface area contributed by atoms with E-state index in [2.05, 4.69) is 288 Å². The van der Waals surface area contributed by atoms with Crippen LogP contribution >= 0.6 is 22.7 Å². The van der Waals surface area contributed by atoms with Crippen LogP contribution in [0.1, 0.15) is 0 Å². The summed E-state index contributed by atoms with van der Waals surface area (Å²) in [4.78, 5) is 31.1. The van der Waals surface area contributed by atoms with Crippen molar-refractivity contribution < 1.29 is 8.83 Å². The van der Waals surface area contributed by atoms with Crippen molar-refractivity contribution in [3.63, 3.8) is 0 Å². The summed E-state index contributed by atoms with van der Waals surface area (Å²) in [6.45, 7) is 0. The van der Waals surface area contributed by atoms with E-state index in [-0.39, 0.29) is 0 Å². The Balaban J connectivity index is 0.000000135. The predicted molar refractivity (Wildman–Crippen MR) is 447 cm³/mol. The highest BCUT2D eigenvalue weighted by molar-refractivity contribution is 7.26. The maximum absolute atomic E-state index is 6.67. The van der Waals surface area contributed by atoms with Crippen molar-refractivity contribution in [2.24, 2.45) is 0 Å². The molecule has 0 bridgehead atoms. The molecule has 23 aromatic rings. The highest BCUT2D eigenvalue weighted by Crippen LogP contribution is 2.46. The average Bonchev–Trinajstić information content (AvgIpc) is 1.57. The highest BCUT2D eigenvalue weighted by atomic mass is 32.1. The van der Waals surface area contributed by atoms with Gasteiger partial charge in [-0.2, -0.15) is 0 Å². The van der Waals surface area contributed by atoms with Crippen LogP contribution in [0.3, 0.4) is 0 Å². The number of hydrogen-bond acceptors (Lipinski definition) is 10. The fourth-order valence-electron chi connectivity index (χ4n) is 15.9. The molecular weight excluding hydrogens is 1360 g/mol. The van der Waals surface area contributed by atoms with Gasteiger partial charge in [-0.1, -0.05) is 218 Å². The van der Waals surface area contributed by atoms with Gasteiger partial charge in [0.15, 0.2) is 34.9 Å². The second-order valence-electron chi connectivity index (χ2n) is 27.2. The van der Waals surface area contributed by atoms with Crippen molar-refractivity contribution in [3.05, 3.63) is 340 Å². The molecule has 0 saturated heterocycles. The Morgan fingerprint density at radius 2 is 0.546 bits per heavy atom. The smallest absolute Gasteiger partial charge is 0.164 e. The molecule has 0 unspecified atom stereocenters. The fraction of sp³-hybridized carbons (Fsp3) is 0. The normalized spacial score (nSPS) is 11.9. The van der Waals surface area contributed by atoms with E-state index in [4.69, 9.17) is 38.7 Å². The Hall–Kier alpha value is -14.0. The lowest BCUT2D eigenvalue weighted by molar-refractivity contribution is 0.669. The van der Waals surface area contributed by atoms with Gasteiger partial charge in [-0.25, -0.2) is 29.9 Å². The average molecular weight is 1420 g/mol. The zero-order chi connectivity index (χ0) is 70.9. The number of benzene rings is 15. The minimum atomic E-state index is 0.592. The minimum absolute atomic E-state index is 0.592. The molecule has 0 aliphatic carbocycles. The van der Waals surface area contributed by atoms with Crippen molar-refractivity contribution >= 4 is 151 Å². The molecule has 12 heteroatoms. The van der Waals surface area contributed by atoms with Crippen molar-refractivity contribution in [2.45, 2.75) is 0 Å². The summed E-state index contributed by atoms with van der Waals surface area (Å²) in [6.07, 6.45) is 0. The predicted octanol–water partition coefficient (Wildman–Crippen LogP) is 26.1. The minimum Gasteiger partial charge on any atom is -0.456 e. The van der Waals surface area contributed by atoms with Crippen LogP contribution in [0.2, 0.25) is 0 Å². The Morgan fingerprint density at radius 1 is 0.204 bits per heavy atom. The summed E-state index contributed by atoms with van der Waals surface area (Å²) in [5.74, 6) is 3.69. The number of hydrogen-bond donors (Lipinski definition) is 0. The molecule has 0 aliphatic heterocycles. The van der Waals surface area contributed by atoms with Crippen LogP contribution in [0.5, 0.6) is 0 Å². The molecule has 0 atom stereocenters. The van der Waals surface area contributed by atoms with Gasteiger partial charge in [-0.3, -0.25) is 0 Å². The van der Waals surface area contributed by atoms with Gasteiger partial charge >= 0.3 is 0 Å². The van der Waals surface area contributed by atoms with Crippen molar-refractivity contribution in [1.82, 2.24) is 39.0 Å². The summed E-state index contributed by atoms with van der Waals surface area (Å²) in [5.41, 5.74) is 17.8. The summed E-state index contributed by atoms with van der Waals surface area (Å²) >= 11 is 3.61. The maximum atomic E-state index is 6.67. The lowest BCUT2D eigenvalue weighted by Gasteiger charge is -2.10. The Labute approximate surface area is 624 Å². The second kappa shape index (κ2) is 24.8. The van der Waals surface area contributed by atoms with Crippen LogP contribution in [0.4, 0.5) is 0 Å². The Kier molecular flexibility index (Phi) is 14.1. The SMILES string of the molecule is c1ccc(-c2ccc(-c3nc(-c4ccc5sc6ccccc6c5c4)nc(-c4cccc5oc6cc7c8ccccc8n(-c8ccccc8)c7cc6c45)n3)cc2)cc1.c1ccc(-c2nc(-c3ccc4sc5ccccc5c4c3)nc(-c3cccc4oc5cc6c7ccccc7n(-c7ccccc7)c6cc5c34)n2)cc1. The van der Waals surface area contributed by atoms with Gasteiger partial charge in [0.2, 0.25) is 0 Å².